The Bertz CT molecular complexity index is 1310. The Morgan fingerprint density at radius 3 is 2.31 bits per heavy atom. The molecule has 3 heterocycles. The van der Waals surface area contributed by atoms with Crippen molar-refractivity contribution in [2.24, 2.45) is 0 Å². The molecule has 2 aliphatic heterocycles. The molecule has 0 N–H and O–H groups in total. The number of rotatable bonds is 6. The molecule has 0 bridgehead atoms. The maximum atomic E-state index is 13.4. The molecule has 4 nitrogen and oxygen atoms in total. The Labute approximate surface area is 175 Å². The first-order valence-electron chi connectivity index (χ1n) is 9.67. The van der Waals surface area contributed by atoms with Gasteiger partial charge >= 0.3 is 0 Å². The van der Waals surface area contributed by atoms with E-state index in [1.807, 2.05) is 72.1 Å². The zero-order valence-corrected chi connectivity index (χ0v) is 17.2. The highest BCUT2D eigenvalue weighted by molar-refractivity contribution is 8.07. The first-order valence-corrected chi connectivity index (χ1v) is 11.8. The van der Waals surface area contributed by atoms with Gasteiger partial charge in [0.2, 0.25) is 5.43 Å². The molecule has 0 saturated carbocycles. The number of hydrogen-bond donors (Lipinski definition) is 0. The zero-order chi connectivity index (χ0) is 19.4. The summed E-state index contributed by atoms with van der Waals surface area (Å²) in [6, 6.07) is 15.5. The predicted molar refractivity (Wildman–Crippen MR) is 121 cm³/mol. The first kappa shape index (κ1) is 17.5. The second-order valence-electron chi connectivity index (χ2n) is 7.45. The van der Waals surface area contributed by atoms with E-state index in [2.05, 4.69) is 0 Å². The molecule has 2 aliphatic rings. The molecule has 2 fully saturated rings. The van der Waals surface area contributed by atoms with Crippen LogP contribution in [-0.2, 0) is 0 Å². The van der Waals surface area contributed by atoms with E-state index in [4.69, 9.17) is 13.9 Å². The van der Waals surface area contributed by atoms with Gasteiger partial charge in [-0.05, 0) is 22.9 Å². The van der Waals surface area contributed by atoms with Crippen LogP contribution < -0.4 is 14.9 Å². The molecular weight excluding hydrogens is 404 g/mol. The van der Waals surface area contributed by atoms with E-state index in [-0.39, 0.29) is 5.43 Å². The number of hydrogen-bond acceptors (Lipinski definition) is 6. The molecule has 1 aromatic heterocycles. The molecule has 4 aromatic rings. The molecule has 29 heavy (non-hydrogen) atoms. The third-order valence-corrected chi connectivity index (χ3v) is 7.13. The average Bonchev–Trinajstić information content (AvgIpc) is 3.64. The van der Waals surface area contributed by atoms with Crippen LogP contribution >= 0.6 is 23.5 Å². The molecule has 0 radical (unpaired) electrons. The Hall–Kier alpha value is -2.31. The van der Waals surface area contributed by atoms with Crippen molar-refractivity contribution in [3.05, 3.63) is 58.8 Å². The van der Waals surface area contributed by atoms with Gasteiger partial charge in [0.15, 0.2) is 0 Å². The molecule has 6 heteroatoms. The van der Waals surface area contributed by atoms with Crippen LogP contribution in [0.1, 0.15) is 0 Å². The molecule has 2 unspecified atom stereocenters. The van der Waals surface area contributed by atoms with Gasteiger partial charge < -0.3 is 13.9 Å². The van der Waals surface area contributed by atoms with Crippen molar-refractivity contribution >= 4 is 56.2 Å². The maximum Gasteiger partial charge on any atom is 0.204 e. The lowest BCUT2D eigenvalue weighted by Gasteiger charge is -2.12. The maximum absolute atomic E-state index is 13.4. The molecule has 0 amide bonds. The van der Waals surface area contributed by atoms with E-state index < -0.39 is 0 Å². The summed E-state index contributed by atoms with van der Waals surface area (Å²) in [5.41, 5.74) is 1.03. The molecule has 146 valence electrons. The minimum absolute atomic E-state index is 0.0604. The summed E-state index contributed by atoms with van der Waals surface area (Å²) in [6.07, 6.45) is 0. The summed E-state index contributed by atoms with van der Waals surface area (Å²) in [6.45, 7) is 1.26. The minimum Gasteiger partial charge on any atom is -0.492 e. The summed E-state index contributed by atoms with van der Waals surface area (Å²) in [5.74, 6) is 3.49. The number of thioether (sulfide) groups is 2. The van der Waals surface area contributed by atoms with Gasteiger partial charge in [0.1, 0.15) is 41.3 Å². The van der Waals surface area contributed by atoms with Crippen molar-refractivity contribution in [1.82, 2.24) is 0 Å². The lowest BCUT2D eigenvalue weighted by atomic mass is 10.1. The van der Waals surface area contributed by atoms with Crippen LogP contribution in [0, 0.1) is 0 Å². The number of ether oxygens (including phenoxy) is 2. The van der Waals surface area contributed by atoms with Crippen LogP contribution in [0.2, 0.25) is 0 Å². The SMILES string of the molecule is O=c1c2cc3ccccc3cc2oc2cc(OCC3CS3)cc(OCC3CS3)c12. The van der Waals surface area contributed by atoms with Crippen molar-refractivity contribution in [2.75, 3.05) is 24.7 Å². The van der Waals surface area contributed by atoms with Crippen LogP contribution in [0.4, 0.5) is 0 Å². The molecule has 2 saturated heterocycles. The number of benzene rings is 3. The Morgan fingerprint density at radius 2 is 1.59 bits per heavy atom. The molecule has 0 aliphatic carbocycles. The monoisotopic (exact) mass is 422 g/mol. The summed E-state index contributed by atoms with van der Waals surface area (Å²) >= 11 is 3.76. The summed E-state index contributed by atoms with van der Waals surface area (Å²) in [7, 11) is 0. The van der Waals surface area contributed by atoms with Crippen LogP contribution in [0.5, 0.6) is 11.5 Å². The highest BCUT2D eigenvalue weighted by atomic mass is 32.2. The lowest BCUT2D eigenvalue weighted by molar-refractivity contribution is 0.315. The van der Waals surface area contributed by atoms with E-state index in [0.29, 0.717) is 57.2 Å². The highest BCUT2D eigenvalue weighted by Gasteiger charge is 2.25. The van der Waals surface area contributed by atoms with Gasteiger partial charge in [-0.15, -0.1) is 0 Å². The van der Waals surface area contributed by atoms with Crippen molar-refractivity contribution < 1.29 is 13.9 Å². The second kappa shape index (κ2) is 6.89. The van der Waals surface area contributed by atoms with Gasteiger partial charge in [0.05, 0.1) is 5.39 Å². The average molecular weight is 423 g/mol. The summed E-state index contributed by atoms with van der Waals surface area (Å²) in [5, 5.41) is 4.20. The predicted octanol–water partition coefficient (Wildman–Crippen LogP) is 5.09. The normalized spacial score (nSPS) is 20.3. The van der Waals surface area contributed by atoms with Gasteiger partial charge in [0.25, 0.3) is 0 Å². The van der Waals surface area contributed by atoms with Gasteiger partial charge in [-0.25, -0.2) is 0 Å². The Balaban J connectivity index is 1.54. The van der Waals surface area contributed by atoms with Gasteiger partial charge in [-0.1, -0.05) is 24.3 Å². The molecule has 0 spiro atoms. The fraction of sp³-hybridized carbons (Fsp3) is 0.261. The highest BCUT2D eigenvalue weighted by Crippen LogP contribution is 2.36. The van der Waals surface area contributed by atoms with E-state index in [9.17, 15) is 4.79 Å². The van der Waals surface area contributed by atoms with Crippen LogP contribution in [0.25, 0.3) is 32.7 Å². The van der Waals surface area contributed by atoms with Crippen molar-refractivity contribution in [2.45, 2.75) is 10.5 Å². The fourth-order valence-corrected chi connectivity index (χ4v) is 4.30. The first-order chi connectivity index (χ1) is 14.2. The zero-order valence-electron chi connectivity index (χ0n) is 15.6. The van der Waals surface area contributed by atoms with Gasteiger partial charge in [0, 0.05) is 34.1 Å². The molecule has 6 rings (SSSR count). The van der Waals surface area contributed by atoms with Gasteiger partial charge in [-0.3, -0.25) is 4.79 Å². The molecule has 3 aromatic carbocycles. The van der Waals surface area contributed by atoms with E-state index >= 15 is 0 Å². The Morgan fingerprint density at radius 1 is 0.897 bits per heavy atom. The minimum atomic E-state index is -0.0604. The largest absolute Gasteiger partial charge is 0.492 e. The van der Waals surface area contributed by atoms with Crippen LogP contribution in [0.3, 0.4) is 0 Å². The molecule has 2 atom stereocenters. The Kier molecular flexibility index (Phi) is 4.16. The third kappa shape index (κ3) is 3.45. The standard InChI is InChI=1S/C23H18O4S2/c24-23-18-5-13-3-1-2-4-14(13)6-19(18)27-21-8-15(25-9-16-11-28-16)7-20(22(21)23)26-10-17-12-29-17/h1-8,16-17H,9-12H2. The quantitative estimate of drug-likeness (QED) is 0.319. The van der Waals surface area contributed by atoms with E-state index in [0.717, 1.165) is 22.3 Å². The van der Waals surface area contributed by atoms with Crippen LogP contribution in [-0.4, -0.2) is 35.2 Å². The summed E-state index contributed by atoms with van der Waals surface area (Å²) in [4.78, 5) is 13.4. The van der Waals surface area contributed by atoms with Crippen molar-refractivity contribution in [3.63, 3.8) is 0 Å². The van der Waals surface area contributed by atoms with Crippen molar-refractivity contribution in [3.8, 4) is 11.5 Å². The topological polar surface area (TPSA) is 48.7 Å². The molecular formula is C23H18O4S2. The summed E-state index contributed by atoms with van der Waals surface area (Å²) < 4.78 is 18.2. The van der Waals surface area contributed by atoms with Crippen molar-refractivity contribution in [1.29, 1.82) is 0 Å². The van der Waals surface area contributed by atoms with Crippen LogP contribution in [0.15, 0.2) is 57.7 Å². The smallest absolute Gasteiger partial charge is 0.204 e. The van der Waals surface area contributed by atoms with E-state index in [1.54, 1.807) is 0 Å². The van der Waals surface area contributed by atoms with E-state index in [1.165, 1.54) is 0 Å². The third-order valence-electron chi connectivity index (χ3n) is 5.24. The second-order valence-corrected chi connectivity index (χ2v) is 10.1. The lowest BCUT2D eigenvalue weighted by Crippen LogP contribution is -2.10. The number of fused-ring (bicyclic) bond motifs is 3. The fourth-order valence-electron chi connectivity index (χ4n) is 3.50. The van der Waals surface area contributed by atoms with Gasteiger partial charge in [-0.2, -0.15) is 23.5 Å².